The highest BCUT2D eigenvalue weighted by Gasteiger charge is 2.22. The molecule has 1 N–H and O–H groups in total. The zero-order valence-corrected chi connectivity index (χ0v) is 15.6. The number of nitrogens with zero attached hydrogens (tertiary/aromatic N) is 6. The third kappa shape index (κ3) is 2.94. The van der Waals surface area contributed by atoms with Crippen LogP contribution < -0.4 is 0 Å². The number of aromatic nitrogens is 6. The normalized spacial score (nSPS) is 16.4. The fourth-order valence-electron chi connectivity index (χ4n) is 3.74. The van der Waals surface area contributed by atoms with Gasteiger partial charge in [-0.1, -0.05) is 17.7 Å². The third-order valence-electron chi connectivity index (χ3n) is 5.43. The molecule has 0 atom stereocenters. The predicted octanol–water partition coefficient (Wildman–Crippen LogP) is 3.19. The van der Waals surface area contributed by atoms with Crippen LogP contribution in [0.25, 0.3) is 28.2 Å². The lowest BCUT2D eigenvalue weighted by Gasteiger charge is -2.28. The van der Waals surface area contributed by atoms with Gasteiger partial charge in [0.2, 0.25) is 0 Å². The number of likely N-dealkylation sites (tertiary alicyclic amines) is 1. The second-order valence-corrected chi connectivity index (χ2v) is 7.46. The summed E-state index contributed by atoms with van der Waals surface area (Å²) in [5.74, 6) is 0.836. The van der Waals surface area contributed by atoms with E-state index in [1.165, 1.54) is 5.56 Å². The lowest BCUT2D eigenvalue weighted by molar-refractivity contribution is 0.215. The van der Waals surface area contributed by atoms with Crippen molar-refractivity contribution in [3.63, 3.8) is 0 Å². The van der Waals surface area contributed by atoms with E-state index in [0.717, 1.165) is 54.2 Å². The van der Waals surface area contributed by atoms with Crippen LogP contribution in [0.1, 0.15) is 24.4 Å². The zero-order valence-electron chi connectivity index (χ0n) is 15.6. The molecule has 1 fully saturated rings. The summed E-state index contributed by atoms with van der Waals surface area (Å²) in [4.78, 5) is 10.6. The number of aryl methyl sites for hydroxylation is 1. The van der Waals surface area contributed by atoms with Gasteiger partial charge in [0.05, 0.1) is 29.7 Å². The molecule has 1 aliphatic heterocycles. The molecule has 27 heavy (non-hydrogen) atoms. The van der Waals surface area contributed by atoms with Crippen LogP contribution >= 0.6 is 0 Å². The summed E-state index contributed by atoms with van der Waals surface area (Å²) in [7, 11) is 2.17. The first-order valence-corrected chi connectivity index (χ1v) is 9.41. The number of hydrogen-bond acceptors (Lipinski definition) is 4. The summed E-state index contributed by atoms with van der Waals surface area (Å²) in [5, 5.41) is 9.08. The molecule has 7 nitrogen and oxygen atoms in total. The molecular weight excluding hydrogens is 338 g/mol. The summed E-state index contributed by atoms with van der Waals surface area (Å²) in [6, 6.07) is 8.75. The molecule has 0 unspecified atom stereocenters. The van der Waals surface area contributed by atoms with Crippen molar-refractivity contribution >= 4 is 11.2 Å². The molecule has 1 aliphatic rings. The van der Waals surface area contributed by atoms with Crippen molar-refractivity contribution in [2.24, 2.45) is 0 Å². The van der Waals surface area contributed by atoms with Gasteiger partial charge in [0, 0.05) is 6.20 Å². The van der Waals surface area contributed by atoms with Gasteiger partial charge in [-0.2, -0.15) is 10.2 Å². The summed E-state index contributed by atoms with van der Waals surface area (Å²) in [5.41, 5.74) is 5.17. The van der Waals surface area contributed by atoms with Crippen LogP contribution in [0.2, 0.25) is 0 Å². The van der Waals surface area contributed by atoms with Gasteiger partial charge in [-0.15, -0.1) is 0 Å². The Balaban J connectivity index is 1.45. The molecule has 0 aliphatic carbocycles. The van der Waals surface area contributed by atoms with Crippen LogP contribution in [0.3, 0.4) is 0 Å². The maximum atomic E-state index is 4.84. The zero-order chi connectivity index (χ0) is 18.4. The topological polar surface area (TPSA) is 67.6 Å². The van der Waals surface area contributed by atoms with E-state index >= 15 is 0 Å². The standard InChI is InChI=1S/C20H23N7/c1-14-3-5-16(6-4-14)26-13-15(11-21-26)19-23-18-12-22-27(20(18)24-19)17-7-9-25(2)10-8-17/h3-6,11-13,17H,7-10H2,1-2H3,(H,23,24). The molecule has 4 aromatic rings. The average Bonchev–Trinajstić information content (AvgIpc) is 3.38. The van der Waals surface area contributed by atoms with E-state index in [2.05, 4.69) is 63.0 Å². The summed E-state index contributed by atoms with van der Waals surface area (Å²) >= 11 is 0. The van der Waals surface area contributed by atoms with E-state index in [4.69, 9.17) is 4.98 Å². The van der Waals surface area contributed by atoms with Crippen LogP contribution in [-0.2, 0) is 0 Å². The minimum absolute atomic E-state index is 0.421. The molecule has 138 valence electrons. The quantitative estimate of drug-likeness (QED) is 0.608. The molecule has 0 bridgehead atoms. The lowest BCUT2D eigenvalue weighted by atomic mass is 10.1. The maximum absolute atomic E-state index is 4.84. The minimum Gasteiger partial charge on any atom is -0.335 e. The second kappa shape index (κ2) is 6.35. The summed E-state index contributed by atoms with van der Waals surface area (Å²) in [6.45, 7) is 4.29. The van der Waals surface area contributed by atoms with Gasteiger partial charge >= 0.3 is 0 Å². The van der Waals surface area contributed by atoms with Gasteiger partial charge in [0.15, 0.2) is 5.65 Å². The molecule has 5 rings (SSSR count). The van der Waals surface area contributed by atoms with Gasteiger partial charge in [-0.3, -0.25) is 0 Å². The molecule has 0 radical (unpaired) electrons. The van der Waals surface area contributed by atoms with Crippen molar-refractivity contribution in [2.45, 2.75) is 25.8 Å². The first-order valence-electron chi connectivity index (χ1n) is 9.41. The van der Waals surface area contributed by atoms with Crippen LogP contribution in [0.15, 0.2) is 42.9 Å². The van der Waals surface area contributed by atoms with Crippen molar-refractivity contribution in [2.75, 3.05) is 20.1 Å². The number of nitrogens with one attached hydrogen (secondary N) is 1. The molecule has 4 heterocycles. The van der Waals surface area contributed by atoms with Crippen molar-refractivity contribution in [3.8, 4) is 17.1 Å². The van der Waals surface area contributed by atoms with Gasteiger partial charge in [0.1, 0.15) is 11.3 Å². The van der Waals surface area contributed by atoms with Crippen LogP contribution in [0.4, 0.5) is 0 Å². The first kappa shape index (κ1) is 16.3. The minimum atomic E-state index is 0.421. The Morgan fingerprint density at radius 2 is 1.81 bits per heavy atom. The Bertz CT molecular complexity index is 1060. The molecule has 0 amide bonds. The Morgan fingerprint density at radius 1 is 1.04 bits per heavy atom. The van der Waals surface area contributed by atoms with Crippen LogP contribution in [0, 0.1) is 6.92 Å². The number of rotatable bonds is 3. The van der Waals surface area contributed by atoms with Crippen molar-refractivity contribution in [1.29, 1.82) is 0 Å². The number of imidazole rings is 1. The molecule has 1 saturated heterocycles. The van der Waals surface area contributed by atoms with Gasteiger partial charge in [-0.05, 0) is 52.0 Å². The fourth-order valence-corrected chi connectivity index (χ4v) is 3.74. The highest BCUT2D eigenvalue weighted by atomic mass is 15.3. The maximum Gasteiger partial charge on any atom is 0.177 e. The average molecular weight is 361 g/mol. The molecule has 0 spiro atoms. The van der Waals surface area contributed by atoms with Crippen molar-refractivity contribution in [3.05, 3.63) is 48.4 Å². The lowest BCUT2D eigenvalue weighted by Crippen LogP contribution is -2.31. The Hall–Kier alpha value is -2.93. The number of hydrogen-bond donors (Lipinski definition) is 1. The molecular formula is C20H23N7. The largest absolute Gasteiger partial charge is 0.335 e. The highest BCUT2D eigenvalue weighted by Crippen LogP contribution is 2.27. The van der Waals surface area contributed by atoms with Crippen LogP contribution in [-0.4, -0.2) is 54.6 Å². The third-order valence-corrected chi connectivity index (χ3v) is 5.43. The Kier molecular flexibility index (Phi) is 3.82. The van der Waals surface area contributed by atoms with E-state index < -0.39 is 0 Å². The van der Waals surface area contributed by atoms with Crippen molar-refractivity contribution in [1.82, 2.24) is 34.4 Å². The Morgan fingerprint density at radius 3 is 2.59 bits per heavy atom. The summed E-state index contributed by atoms with van der Waals surface area (Å²) < 4.78 is 3.97. The SMILES string of the molecule is Cc1ccc(-n2cc(-c3nc4c(cnn4C4CCN(C)CC4)[nH]3)cn2)cc1. The summed E-state index contributed by atoms with van der Waals surface area (Å²) in [6.07, 6.45) is 7.97. The number of piperidine rings is 1. The second-order valence-electron chi connectivity index (χ2n) is 7.46. The van der Waals surface area contributed by atoms with Gasteiger partial charge < -0.3 is 9.88 Å². The van der Waals surface area contributed by atoms with Gasteiger partial charge in [-0.25, -0.2) is 14.3 Å². The monoisotopic (exact) mass is 361 g/mol. The fraction of sp³-hybridized carbons (Fsp3) is 0.350. The smallest absolute Gasteiger partial charge is 0.177 e. The van der Waals surface area contributed by atoms with Crippen molar-refractivity contribution < 1.29 is 0 Å². The number of aromatic amines is 1. The van der Waals surface area contributed by atoms with E-state index in [9.17, 15) is 0 Å². The number of benzene rings is 1. The molecule has 1 aromatic carbocycles. The first-order chi connectivity index (χ1) is 13.2. The van der Waals surface area contributed by atoms with E-state index in [1.807, 2.05) is 23.3 Å². The molecule has 0 saturated carbocycles. The van der Waals surface area contributed by atoms with Crippen LogP contribution in [0.5, 0.6) is 0 Å². The molecule has 3 aromatic heterocycles. The predicted molar refractivity (Wildman–Crippen MR) is 105 cm³/mol. The van der Waals surface area contributed by atoms with E-state index in [1.54, 1.807) is 0 Å². The Labute approximate surface area is 157 Å². The number of fused-ring (bicyclic) bond motifs is 1. The van der Waals surface area contributed by atoms with Gasteiger partial charge in [0.25, 0.3) is 0 Å². The highest BCUT2D eigenvalue weighted by molar-refractivity contribution is 5.75. The van der Waals surface area contributed by atoms with E-state index in [-0.39, 0.29) is 0 Å². The number of H-pyrrole nitrogens is 1. The van der Waals surface area contributed by atoms with E-state index in [0.29, 0.717) is 6.04 Å². The molecule has 7 heteroatoms.